The van der Waals surface area contributed by atoms with Crippen LogP contribution in [0.15, 0.2) is 42.5 Å². The standard InChI is InChI=1S/C22H27ClO5/c1-3-10-27-17-7-4-14(5-8-17)11-16-12-15(6-9-18(16)23)22-21(26)20(25)19(24)13(2)28-22/h4-9,12-13,19-22,24-26H,3,10-11H2,1-2H3. The van der Waals surface area contributed by atoms with E-state index in [9.17, 15) is 15.3 Å². The lowest BCUT2D eigenvalue weighted by Gasteiger charge is -2.39. The van der Waals surface area contributed by atoms with Crippen molar-refractivity contribution in [2.24, 2.45) is 0 Å². The summed E-state index contributed by atoms with van der Waals surface area (Å²) >= 11 is 6.38. The van der Waals surface area contributed by atoms with Gasteiger partial charge in [0.15, 0.2) is 0 Å². The van der Waals surface area contributed by atoms with Gasteiger partial charge in [-0.25, -0.2) is 0 Å². The van der Waals surface area contributed by atoms with Gasteiger partial charge in [0.2, 0.25) is 0 Å². The maximum Gasteiger partial charge on any atom is 0.119 e. The largest absolute Gasteiger partial charge is 0.494 e. The molecule has 3 rings (SSSR count). The van der Waals surface area contributed by atoms with Crippen molar-refractivity contribution in [3.8, 4) is 5.75 Å². The second-order valence-corrected chi connectivity index (χ2v) is 7.66. The van der Waals surface area contributed by atoms with Crippen molar-refractivity contribution in [2.45, 2.75) is 57.2 Å². The average Bonchev–Trinajstić information content (AvgIpc) is 2.70. The van der Waals surface area contributed by atoms with Gasteiger partial charge in [0.05, 0.1) is 12.7 Å². The van der Waals surface area contributed by atoms with Crippen LogP contribution in [0.2, 0.25) is 5.02 Å². The number of halogens is 1. The topological polar surface area (TPSA) is 79.2 Å². The van der Waals surface area contributed by atoms with Gasteiger partial charge in [0, 0.05) is 5.02 Å². The second kappa shape index (κ2) is 9.25. The lowest BCUT2D eigenvalue weighted by molar-refractivity contribution is -0.219. The normalized spacial score (nSPS) is 27.6. The molecule has 0 amide bonds. The van der Waals surface area contributed by atoms with Gasteiger partial charge in [-0.2, -0.15) is 0 Å². The van der Waals surface area contributed by atoms with Crippen molar-refractivity contribution < 1.29 is 24.8 Å². The number of aliphatic hydroxyl groups excluding tert-OH is 3. The van der Waals surface area contributed by atoms with E-state index in [1.807, 2.05) is 30.3 Å². The Labute approximate surface area is 170 Å². The fourth-order valence-corrected chi connectivity index (χ4v) is 3.56. The Morgan fingerprint density at radius 3 is 2.39 bits per heavy atom. The number of hydrogen-bond donors (Lipinski definition) is 3. The van der Waals surface area contributed by atoms with Crippen LogP contribution in [0.4, 0.5) is 0 Å². The zero-order chi connectivity index (χ0) is 20.3. The number of rotatable bonds is 6. The van der Waals surface area contributed by atoms with Crippen molar-refractivity contribution in [3.05, 3.63) is 64.2 Å². The minimum absolute atomic E-state index is 0.585. The van der Waals surface area contributed by atoms with Crippen LogP contribution in [-0.4, -0.2) is 46.3 Å². The Balaban J connectivity index is 1.78. The van der Waals surface area contributed by atoms with E-state index in [2.05, 4.69) is 6.92 Å². The molecule has 0 bridgehead atoms. The highest BCUT2D eigenvalue weighted by atomic mass is 35.5. The molecule has 1 saturated heterocycles. The molecule has 1 heterocycles. The van der Waals surface area contributed by atoms with Crippen LogP contribution in [0.3, 0.4) is 0 Å². The minimum Gasteiger partial charge on any atom is -0.494 e. The summed E-state index contributed by atoms with van der Waals surface area (Å²) in [6, 6.07) is 13.3. The predicted octanol–water partition coefficient (Wildman–Crippen LogP) is 3.26. The molecule has 0 spiro atoms. The monoisotopic (exact) mass is 406 g/mol. The first-order valence-corrected chi connectivity index (χ1v) is 9.98. The Bertz CT molecular complexity index is 779. The van der Waals surface area contributed by atoms with Crippen LogP contribution in [0.1, 0.15) is 43.1 Å². The SMILES string of the molecule is CCCOc1ccc(Cc2cc(C3OC(C)C(O)C(O)C3O)ccc2Cl)cc1. The first-order chi connectivity index (χ1) is 13.4. The summed E-state index contributed by atoms with van der Waals surface area (Å²) in [6.07, 6.45) is -3.33. The van der Waals surface area contributed by atoms with Gasteiger partial charge in [-0.05, 0) is 54.7 Å². The Hall–Kier alpha value is -1.63. The highest BCUT2D eigenvalue weighted by Crippen LogP contribution is 2.34. The van der Waals surface area contributed by atoms with Crippen LogP contribution in [0.5, 0.6) is 5.75 Å². The molecule has 2 aromatic carbocycles. The molecule has 1 fully saturated rings. The number of ether oxygens (including phenoxy) is 2. The van der Waals surface area contributed by atoms with Crippen molar-refractivity contribution in [3.63, 3.8) is 0 Å². The van der Waals surface area contributed by atoms with E-state index in [1.54, 1.807) is 19.1 Å². The maximum absolute atomic E-state index is 10.3. The van der Waals surface area contributed by atoms with Gasteiger partial charge in [-0.3, -0.25) is 0 Å². The molecule has 5 unspecified atom stereocenters. The van der Waals surface area contributed by atoms with Gasteiger partial charge >= 0.3 is 0 Å². The summed E-state index contributed by atoms with van der Waals surface area (Å²) < 4.78 is 11.4. The number of hydrogen-bond acceptors (Lipinski definition) is 5. The first-order valence-electron chi connectivity index (χ1n) is 9.60. The zero-order valence-electron chi connectivity index (χ0n) is 16.1. The molecule has 0 aliphatic carbocycles. The van der Waals surface area contributed by atoms with Crippen LogP contribution in [0.25, 0.3) is 0 Å². The highest BCUT2D eigenvalue weighted by Gasteiger charge is 2.42. The summed E-state index contributed by atoms with van der Waals surface area (Å²) in [5, 5.41) is 30.9. The van der Waals surface area contributed by atoms with E-state index in [0.717, 1.165) is 23.3 Å². The van der Waals surface area contributed by atoms with Gasteiger partial charge in [0.25, 0.3) is 0 Å². The molecule has 1 aliphatic rings. The predicted molar refractivity (Wildman–Crippen MR) is 108 cm³/mol. The molecule has 0 radical (unpaired) electrons. The fraction of sp³-hybridized carbons (Fsp3) is 0.455. The van der Waals surface area contributed by atoms with Gasteiger partial charge in [-0.15, -0.1) is 0 Å². The summed E-state index contributed by atoms with van der Waals surface area (Å²) in [5.74, 6) is 0.839. The second-order valence-electron chi connectivity index (χ2n) is 7.25. The molecule has 5 nitrogen and oxygen atoms in total. The molecule has 3 N–H and O–H groups in total. The Kier molecular flexibility index (Phi) is 6.96. The fourth-order valence-electron chi connectivity index (χ4n) is 3.38. The number of benzene rings is 2. The smallest absolute Gasteiger partial charge is 0.119 e. The Morgan fingerprint density at radius 2 is 1.71 bits per heavy atom. The Morgan fingerprint density at radius 1 is 1.00 bits per heavy atom. The third kappa shape index (κ3) is 4.67. The molecule has 0 aromatic heterocycles. The van der Waals surface area contributed by atoms with E-state index in [4.69, 9.17) is 21.1 Å². The van der Waals surface area contributed by atoms with Crippen LogP contribution in [-0.2, 0) is 11.2 Å². The summed E-state index contributed by atoms with van der Waals surface area (Å²) in [5.41, 5.74) is 2.69. The van der Waals surface area contributed by atoms with Gasteiger partial charge in [0.1, 0.15) is 30.2 Å². The molecule has 152 valence electrons. The maximum atomic E-state index is 10.3. The van der Waals surface area contributed by atoms with Crippen LogP contribution < -0.4 is 4.74 Å². The molecule has 6 heteroatoms. The number of aliphatic hydroxyl groups is 3. The highest BCUT2D eigenvalue weighted by molar-refractivity contribution is 6.31. The van der Waals surface area contributed by atoms with Gasteiger partial charge < -0.3 is 24.8 Å². The van der Waals surface area contributed by atoms with Crippen molar-refractivity contribution in [1.29, 1.82) is 0 Å². The van der Waals surface area contributed by atoms with E-state index in [0.29, 0.717) is 23.6 Å². The third-order valence-electron chi connectivity index (χ3n) is 5.04. The van der Waals surface area contributed by atoms with E-state index in [-0.39, 0.29) is 0 Å². The third-order valence-corrected chi connectivity index (χ3v) is 5.41. The lowest BCUT2D eigenvalue weighted by atomic mass is 9.90. The molecule has 0 saturated carbocycles. The van der Waals surface area contributed by atoms with Gasteiger partial charge in [-0.1, -0.05) is 42.8 Å². The van der Waals surface area contributed by atoms with Crippen molar-refractivity contribution in [1.82, 2.24) is 0 Å². The van der Waals surface area contributed by atoms with Crippen LogP contribution >= 0.6 is 11.6 Å². The first kappa shape index (κ1) is 21.1. The molecular weight excluding hydrogens is 380 g/mol. The molecule has 28 heavy (non-hydrogen) atoms. The molecule has 5 atom stereocenters. The van der Waals surface area contributed by atoms with Crippen molar-refractivity contribution in [2.75, 3.05) is 6.61 Å². The van der Waals surface area contributed by atoms with E-state index >= 15 is 0 Å². The zero-order valence-corrected chi connectivity index (χ0v) is 16.8. The van der Waals surface area contributed by atoms with E-state index < -0.39 is 30.5 Å². The summed E-state index contributed by atoms with van der Waals surface area (Å²) in [7, 11) is 0. The molecule has 2 aromatic rings. The quantitative estimate of drug-likeness (QED) is 0.686. The van der Waals surface area contributed by atoms with Crippen LogP contribution in [0, 0.1) is 0 Å². The minimum atomic E-state index is -1.26. The van der Waals surface area contributed by atoms with E-state index in [1.165, 1.54) is 0 Å². The summed E-state index contributed by atoms with van der Waals surface area (Å²) in [6.45, 7) is 4.43. The van der Waals surface area contributed by atoms with Crippen molar-refractivity contribution >= 4 is 11.6 Å². The molecular formula is C22H27ClO5. The average molecular weight is 407 g/mol. The summed E-state index contributed by atoms with van der Waals surface area (Å²) in [4.78, 5) is 0. The lowest BCUT2D eigenvalue weighted by Crippen LogP contribution is -2.53. The molecule has 1 aliphatic heterocycles.